The van der Waals surface area contributed by atoms with Gasteiger partial charge in [0.25, 0.3) is 0 Å². The molecule has 0 aliphatic carbocycles. The fourth-order valence-corrected chi connectivity index (χ4v) is 3.59. The molecule has 2 N–H and O–H groups in total. The quantitative estimate of drug-likeness (QED) is 0.0540. The smallest absolute Gasteiger partial charge is 0.143 e. The molecule has 1 aromatic rings. The first-order valence-electron chi connectivity index (χ1n) is 17.5. The normalized spacial score (nSPS) is 12.2. The lowest BCUT2D eigenvalue weighted by Gasteiger charge is -2.17. The first-order valence-corrected chi connectivity index (χ1v) is 17.5. The Bertz CT molecular complexity index is 782. The molecule has 0 amide bonds. The van der Waals surface area contributed by atoms with E-state index in [1.807, 2.05) is 30.3 Å². The molecule has 0 aliphatic heterocycles. The summed E-state index contributed by atoms with van der Waals surface area (Å²) in [4.78, 5) is 21.3. The SMILES string of the molecule is OCCOCCOCCOCCOCCOCCOOCC(COCc1ccccc1)OOCCOCCOCCOCCOCCOCCO. The standard InChI is InChI=1S/C34H62O17/c35-6-8-37-10-12-39-14-16-41-18-20-43-22-24-45-26-28-48-50-32-34(31-47-30-33-4-2-1-3-5-33)51-49-29-27-46-25-23-44-21-19-42-17-15-40-13-11-38-9-7-36/h1-5,34-36H,6-32H2. The zero-order valence-electron chi connectivity index (χ0n) is 30.1. The van der Waals surface area contributed by atoms with Gasteiger partial charge in [0.1, 0.15) is 25.9 Å². The third-order valence-corrected chi connectivity index (χ3v) is 6.03. The first kappa shape index (κ1) is 47.6. The lowest BCUT2D eigenvalue weighted by atomic mass is 10.2. The minimum atomic E-state index is -0.531. The Morgan fingerprint density at radius 2 is 0.706 bits per heavy atom. The highest BCUT2D eigenvalue weighted by atomic mass is 17.2. The van der Waals surface area contributed by atoms with E-state index >= 15 is 0 Å². The molecule has 300 valence electrons. The van der Waals surface area contributed by atoms with Crippen LogP contribution in [0.4, 0.5) is 0 Å². The summed E-state index contributed by atoms with van der Waals surface area (Å²) >= 11 is 0. The zero-order chi connectivity index (χ0) is 36.4. The Balaban J connectivity index is 1.98. The molecule has 51 heavy (non-hydrogen) atoms. The van der Waals surface area contributed by atoms with Crippen LogP contribution in [0.2, 0.25) is 0 Å². The van der Waals surface area contributed by atoms with Gasteiger partial charge >= 0.3 is 0 Å². The average Bonchev–Trinajstić information content (AvgIpc) is 3.15. The lowest BCUT2D eigenvalue weighted by molar-refractivity contribution is -0.373. The van der Waals surface area contributed by atoms with Crippen LogP contribution in [0.3, 0.4) is 0 Å². The summed E-state index contributed by atoms with van der Waals surface area (Å²) in [5.41, 5.74) is 1.04. The number of hydrogen-bond acceptors (Lipinski definition) is 17. The molecule has 0 heterocycles. The molecule has 1 unspecified atom stereocenters. The maximum atomic E-state index is 8.62. The molecule has 1 rings (SSSR count). The van der Waals surface area contributed by atoms with Crippen LogP contribution in [0.5, 0.6) is 0 Å². The largest absolute Gasteiger partial charge is 0.394 e. The number of ether oxygens (including phenoxy) is 11. The highest BCUT2D eigenvalue weighted by Crippen LogP contribution is 2.04. The predicted molar refractivity (Wildman–Crippen MR) is 181 cm³/mol. The van der Waals surface area contributed by atoms with Crippen molar-refractivity contribution in [3.8, 4) is 0 Å². The number of hydrogen-bond donors (Lipinski definition) is 2. The number of rotatable bonds is 43. The van der Waals surface area contributed by atoms with E-state index < -0.39 is 6.10 Å². The Kier molecular flexibility index (Phi) is 38.5. The van der Waals surface area contributed by atoms with E-state index in [0.717, 1.165) is 5.56 Å². The van der Waals surface area contributed by atoms with Gasteiger partial charge in [-0.05, 0) is 5.56 Å². The van der Waals surface area contributed by atoms with Gasteiger partial charge in [-0.1, -0.05) is 30.3 Å². The zero-order valence-corrected chi connectivity index (χ0v) is 30.1. The van der Waals surface area contributed by atoms with Crippen LogP contribution in [-0.2, 0) is 78.3 Å². The molecular formula is C34H62O17. The summed E-state index contributed by atoms with van der Waals surface area (Å²) in [6.45, 7) is 9.72. The second kappa shape index (κ2) is 41.3. The van der Waals surface area contributed by atoms with Crippen molar-refractivity contribution in [3.63, 3.8) is 0 Å². The van der Waals surface area contributed by atoms with Gasteiger partial charge in [0.05, 0.1) is 159 Å². The third kappa shape index (κ3) is 36.7. The van der Waals surface area contributed by atoms with E-state index in [1.54, 1.807) is 0 Å². The van der Waals surface area contributed by atoms with Crippen LogP contribution >= 0.6 is 0 Å². The molecule has 0 saturated carbocycles. The van der Waals surface area contributed by atoms with Crippen molar-refractivity contribution in [2.45, 2.75) is 12.7 Å². The van der Waals surface area contributed by atoms with Gasteiger partial charge in [0.2, 0.25) is 0 Å². The van der Waals surface area contributed by atoms with Gasteiger partial charge in [-0.3, -0.25) is 0 Å². The summed E-state index contributed by atoms with van der Waals surface area (Å²) in [6.07, 6.45) is -0.531. The summed E-state index contributed by atoms with van der Waals surface area (Å²) in [5.74, 6) is 0. The molecule has 0 spiro atoms. The highest BCUT2D eigenvalue weighted by molar-refractivity contribution is 5.13. The van der Waals surface area contributed by atoms with E-state index in [-0.39, 0.29) is 39.6 Å². The average molecular weight is 743 g/mol. The molecule has 0 saturated heterocycles. The Hall–Kier alpha value is -1.46. The van der Waals surface area contributed by atoms with Gasteiger partial charge in [-0.2, -0.15) is 0 Å². The number of benzene rings is 1. The molecule has 0 fully saturated rings. The van der Waals surface area contributed by atoms with Crippen molar-refractivity contribution >= 4 is 0 Å². The van der Waals surface area contributed by atoms with E-state index in [0.29, 0.717) is 139 Å². The molecule has 1 aromatic carbocycles. The molecule has 0 aromatic heterocycles. The van der Waals surface area contributed by atoms with Crippen LogP contribution in [0.25, 0.3) is 0 Å². The van der Waals surface area contributed by atoms with Crippen molar-refractivity contribution in [3.05, 3.63) is 35.9 Å². The molecular weight excluding hydrogens is 680 g/mol. The summed E-state index contributed by atoms with van der Waals surface area (Å²) in [7, 11) is 0. The Labute approximate surface area is 302 Å². The molecule has 0 radical (unpaired) electrons. The van der Waals surface area contributed by atoms with Gasteiger partial charge < -0.3 is 62.3 Å². The van der Waals surface area contributed by atoms with Crippen LogP contribution in [0.1, 0.15) is 5.56 Å². The van der Waals surface area contributed by atoms with E-state index in [4.69, 9.17) is 81.9 Å². The van der Waals surface area contributed by atoms with Crippen molar-refractivity contribution in [1.82, 2.24) is 0 Å². The van der Waals surface area contributed by atoms with Gasteiger partial charge in [-0.25, -0.2) is 19.6 Å². The Morgan fingerprint density at radius 1 is 0.353 bits per heavy atom. The predicted octanol–water partition coefficient (Wildman–Crippen LogP) is 0.619. The van der Waals surface area contributed by atoms with Gasteiger partial charge in [-0.15, -0.1) is 0 Å². The summed E-state index contributed by atoms with van der Waals surface area (Å²) < 4.78 is 59.4. The summed E-state index contributed by atoms with van der Waals surface area (Å²) in [5, 5.41) is 17.2. The molecule has 1 atom stereocenters. The second-order valence-corrected chi connectivity index (χ2v) is 10.2. The highest BCUT2D eigenvalue weighted by Gasteiger charge is 2.13. The van der Waals surface area contributed by atoms with Crippen molar-refractivity contribution in [1.29, 1.82) is 0 Å². The van der Waals surface area contributed by atoms with E-state index in [2.05, 4.69) is 0 Å². The number of aliphatic hydroxyl groups is 2. The Morgan fingerprint density at radius 3 is 1.10 bits per heavy atom. The first-order chi connectivity index (χ1) is 25.4. The minimum Gasteiger partial charge on any atom is -0.394 e. The molecule has 17 nitrogen and oxygen atoms in total. The maximum Gasteiger partial charge on any atom is 0.143 e. The fraction of sp³-hybridized carbons (Fsp3) is 0.824. The van der Waals surface area contributed by atoms with Gasteiger partial charge in [0.15, 0.2) is 0 Å². The lowest BCUT2D eigenvalue weighted by Crippen LogP contribution is -2.27. The van der Waals surface area contributed by atoms with Crippen molar-refractivity contribution < 1.29 is 81.9 Å². The van der Waals surface area contributed by atoms with E-state index in [1.165, 1.54) is 0 Å². The monoisotopic (exact) mass is 742 g/mol. The maximum absolute atomic E-state index is 8.62. The van der Waals surface area contributed by atoms with Crippen LogP contribution in [0, 0.1) is 0 Å². The van der Waals surface area contributed by atoms with Crippen LogP contribution in [0.15, 0.2) is 30.3 Å². The molecule has 0 bridgehead atoms. The third-order valence-electron chi connectivity index (χ3n) is 6.03. The van der Waals surface area contributed by atoms with Crippen molar-refractivity contribution in [2.75, 3.05) is 172 Å². The van der Waals surface area contributed by atoms with Crippen LogP contribution in [-0.4, -0.2) is 188 Å². The molecule has 0 aliphatic rings. The number of aliphatic hydroxyl groups excluding tert-OH is 2. The van der Waals surface area contributed by atoms with Gasteiger partial charge in [0, 0.05) is 0 Å². The van der Waals surface area contributed by atoms with Crippen molar-refractivity contribution in [2.24, 2.45) is 0 Å². The minimum absolute atomic E-state index is 0.00937. The molecule has 17 heteroatoms. The van der Waals surface area contributed by atoms with Crippen LogP contribution < -0.4 is 0 Å². The fourth-order valence-electron chi connectivity index (χ4n) is 3.59. The summed E-state index contributed by atoms with van der Waals surface area (Å²) in [6, 6.07) is 9.81. The topological polar surface area (TPSA) is 179 Å². The van der Waals surface area contributed by atoms with E-state index in [9.17, 15) is 0 Å². The second-order valence-electron chi connectivity index (χ2n) is 10.2.